The van der Waals surface area contributed by atoms with Gasteiger partial charge in [-0.3, -0.25) is 4.79 Å². The van der Waals surface area contributed by atoms with E-state index in [9.17, 15) is 18.3 Å². The average Bonchev–Trinajstić information content (AvgIpc) is 2.41. The number of methoxy groups -OCH3 is 1. The Morgan fingerprint density at radius 1 is 1.45 bits per heavy atom. The lowest BCUT2D eigenvalue weighted by atomic mass is 10.3. The van der Waals surface area contributed by atoms with Gasteiger partial charge in [-0.1, -0.05) is 0 Å². The van der Waals surface area contributed by atoms with E-state index in [0.717, 1.165) is 4.31 Å². The van der Waals surface area contributed by atoms with Crippen LogP contribution in [0.5, 0.6) is 5.75 Å². The van der Waals surface area contributed by atoms with Crippen LogP contribution < -0.4 is 5.73 Å². The summed E-state index contributed by atoms with van der Waals surface area (Å²) < 4.78 is 30.0. The second-order valence-corrected chi connectivity index (χ2v) is 6.27. The smallest absolute Gasteiger partial charge is 0.305 e. The first-order chi connectivity index (χ1) is 9.28. The van der Waals surface area contributed by atoms with Crippen LogP contribution in [0.25, 0.3) is 0 Å². The molecule has 0 fully saturated rings. The monoisotopic (exact) mass is 302 g/mol. The van der Waals surface area contributed by atoms with E-state index in [1.807, 2.05) is 0 Å². The first kappa shape index (κ1) is 16.3. The molecule has 0 amide bonds. The van der Waals surface area contributed by atoms with Crippen LogP contribution in [0.1, 0.15) is 12.8 Å². The molecular weight excluding hydrogens is 284 g/mol. The Bertz CT molecular complexity index is 586. The van der Waals surface area contributed by atoms with Gasteiger partial charge in [0.2, 0.25) is 10.0 Å². The van der Waals surface area contributed by atoms with Gasteiger partial charge in [0.25, 0.3) is 0 Å². The number of ether oxygens (including phenoxy) is 1. The highest BCUT2D eigenvalue weighted by molar-refractivity contribution is 7.89. The molecule has 3 N–H and O–H groups in total. The molecule has 1 rings (SSSR count). The van der Waals surface area contributed by atoms with Gasteiger partial charge in [-0.2, -0.15) is 0 Å². The maximum absolute atomic E-state index is 12.2. The zero-order chi connectivity index (χ0) is 15.3. The molecule has 0 radical (unpaired) electrons. The van der Waals surface area contributed by atoms with Crippen molar-refractivity contribution in [3.63, 3.8) is 0 Å². The molecule has 0 heterocycles. The number of phenols is 1. The number of esters is 1. The fourth-order valence-electron chi connectivity index (χ4n) is 1.54. The number of hydrogen-bond acceptors (Lipinski definition) is 6. The Hall–Kier alpha value is -1.80. The van der Waals surface area contributed by atoms with Gasteiger partial charge in [-0.25, -0.2) is 12.7 Å². The molecular formula is C12H18N2O5S. The summed E-state index contributed by atoms with van der Waals surface area (Å²) in [5.74, 6) is -0.554. The van der Waals surface area contributed by atoms with E-state index in [2.05, 4.69) is 4.74 Å². The second kappa shape index (κ2) is 6.58. The molecule has 0 unspecified atom stereocenters. The molecule has 0 bridgehead atoms. The van der Waals surface area contributed by atoms with E-state index in [4.69, 9.17) is 5.73 Å². The normalized spacial score (nSPS) is 11.6. The lowest BCUT2D eigenvalue weighted by Crippen LogP contribution is -2.28. The number of anilines is 1. The van der Waals surface area contributed by atoms with Crippen LogP contribution in [0.3, 0.4) is 0 Å². The third kappa shape index (κ3) is 3.84. The van der Waals surface area contributed by atoms with Crippen molar-refractivity contribution in [3.05, 3.63) is 18.2 Å². The Labute approximate surface area is 118 Å². The number of sulfonamides is 1. The molecule has 0 saturated heterocycles. The minimum Gasteiger partial charge on any atom is -0.506 e. The summed E-state index contributed by atoms with van der Waals surface area (Å²) in [6.45, 7) is 0.179. The van der Waals surface area contributed by atoms with Crippen LogP contribution in [0.4, 0.5) is 5.69 Å². The van der Waals surface area contributed by atoms with E-state index in [-0.39, 0.29) is 35.3 Å². The number of aromatic hydroxyl groups is 1. The predicted molar refractivity (Wildman–Crippen MR) is 73.6 cm³/mol. The Morgan fingerprint density at radius 3 is 2.65 bits per heavy atom. The number of nitrogens with two attached hydrogens (primary N) is 1. The minimum atomic E-state index is -3.69. The van der Waals surface area contributed by atoms with Gasteiger partial charge in [0, 0.05) is 20.0 Å². The molecule has 20 heavy (non-hydrogen) atoms. The highest BCUT2D eigenvalue weighted by Gasteiger charge is 2.21. The van der Waals surface area contributed by atoms with Crippen LogP contribution in [-0.2, 0) is 19.6 Å². The van der Waals surface area contributed by atoms with Crippen molar-refractivity contribution in [1.29, 1.82) is 0 Å². The molecule has 0 saturated carbocycles. The van der Waals surface area contributed by atoms with Gasteiger partial charge in [0.1, 0.15) is 5.75 Å². The number of benzene rings is 1. The molecule has 0 atom stereocenters. The van der Waals surface area contributed by atoms with E-state index < -0.39 is 10.0 Å². The number of carbonyl (C=O) groups excluding carboxylic acids is 1. The summed E-state index contributed by atoms with van der Waals surface area (Å²) in [5, 5.41) is 9.29. The van der Waals surface area contributed by atoms with Crippen molar-refractivity contribution in [1.82, 2.24) is 4.31 Å². The molecule has 112 valence electrons. The highest BCUT2D eigenvalue weighted by Crippen LogP contribution is 2.24. The maximum Gasteiger partial charge on any atom is 0.305 e. The quantitative estimate of drug-likeness (QED) is 0.451. The maximum atomic E-state index is 12.2. The first-order valence-corrected chi connectivity index (χ1v) is 7.34. The highest BCUT2D eigenvalue weighted by atomic mass is 32.2. The van der Waals surface area contributed by atoms with Crippen molar-refractivity contribution < 1.29 is 23.1 Å². The molecule has 0 aliphatic rings. The lowest BCUT2D eigenvalue weighted by Gasteiger charge is -2.17. The zero-order valence-corrected chi connectivity index (χ0v) is 12.2. The van der Waals surface area contributed by atoms with E-state index in [1.54, 1.807) is 0 Å². The summed E-state index contributed by atoms with van der Waals surface area (Å²) in [6.07, 6.45) is 0.504. The number of nitrogen functional groups attached to an aromatic ring is 1. The fourth-order valence-corrected chi connectivity index (χ4v) is 2.79. The number of rotatable bonds is 6. The summed E-state index contributed by atoms with van der Waals surface area (Å²) >= 11 is 0. The van der Waals surface area contributed by atoms with Crippen LogP contribution in [0, 0.1) is 0 Å². The van der Waals surface area contributed by atoms with Crippen molar-refractivity contribution in [2.24, 2.45) is 0 Å². The summed E-state index contributed by atoms with van der Waals surface area (Å²) in [4.78, 5) is 11.0. The van der Waals surface area contributed by atoms with E-state index in [1.165, 1.54) is 32.4 Å². The molecule has 8 heteroatoms. The lowest BCUT2D eigenvalue weighted by molar-refractivity contribution is -0.140. The number of nitrogens with zero attached hydrogens (tertiary/aromatic N) is 1. The van der Waals surface area contributed by atoms with E-state index >= 15 is 0 Å². The zero-order valence-electron chi connectivity index (χ0n) is 11.4. The van der Waals surface area contributed by atoms with Gasteiger partial charge in [-0.15, -0.1) is 0 Å². The average molecular weight is 302 g/mol. The summed E-state index contributed by atoms with van der Waals surface area (Å²) in [5.41, 5.74) is 5.48. The fraction of sp³-hybridized carbons (Fsp3) is 0.417. The van der Waals surface area contributed by atoms with E-state index in [0.29, 0.717) is 6.42 Å². The SMILES string of the molecule is COC(=O)CCCN(C)S(=O)(=O)c1ccc(O)c(N)c1. The molecule has 0 aromatic heterocycles. The van der Waals surface area contributed by atoms with Crippen molar-refractivity contribution in [3.8, 4) is 5.75 Å². The predicted octanol–water partition coefficient (Wildman–Crippen LogP) is 0.548. The van der Waals surface area contributed by atoms with Gasteiger partial charge in [-0.05, 0) is 24.6 Å². The Morgan fingerprint density at radius 2 is 2.10 bits per heavy atom. The Kier molecular flexibility index (Phi) is 5.34. The van der Waals surface area contributed by atoms with Crippen molar-refractivity contribution >= 4 is 21.7 Å². The van der Waals surface area contributed by atoms with Gasteiger partial charge in [0.15, 0.2) is 0 Å². The van der Waals surface area contributed by atoms with Gasteiger partial charge < -0.3 is 15.6 Å². The molecule has 0 spiro atoms. The van der Waals surface area contributed by atoms with Crippen LogP contribution in [0.2, 0.25) is 0 Å². The first-order valence-electron chi connectivity index (χ1n) is 5.90. The van der Waals surface area contributed by atoms with Crippen molar-refractivity contribution in [2.45, 2.75) is 17.7 Å². The van der Waals surface area contributed by atoms with Crippen LogP contribution in [0.15, 0.2) is 23.1 Å². The van der Waals surface area contributed by atoms with Gasteiger partial charge in [0.05, 0.1) is 17.7 Å². The third-order valence-corrected chi connectivity index (χ3v) is 4.64. The van der Waals surface area contributed by atoms with Crippen LogP contribution in [-0.4, -0.2) is 44.5 Å². The molecule has 1 aromatic rings. The second-order valence-electron chi connectivity index (χ2n) is 4.23. The number of carbonyl (C=O) groups is 1. The Balaban J connectivity index is 2.77. The molecule has 1 aromatic carbocycles. The molecule has 0 aliphatic carbocycles. The van der Waals surface area contributed by atoms with Gasteiger partial charge >= 0.3 is 5.97 Å². The molecule has 7 nitrogen and oxygen atoms in total. The topological polar surface area (TPSA) is 110 Å². The minimum absolute atomic E-state index is 0.00552. The standard InChI is InChI=1S/C12H18N2O5S/c1-14(7-3-4-12(16)19-2)20(17,18)9-5-6-11(15)10(13)8-9/h5-6,8,15H,3-4,7,13H2,1-2H3. The number of hydrogen-bond donors (Lipinski definition) is 2. The molecule has 0 aliphatic heterocycles. The largest absolute Gasteiger partial charge is 0.506 e. The number of phenolic OH excluding ortho intramolecular Hbond substituents is 1. The summed E-state index contributed by atoms with van der Waals surface area (Å²) in [6, 6.07) is 3.70. The summed E-state index contributed by atoms with van der Waals surface area (Å²) in [7, 11) is -1.00. The van der Waals surface area contributed by atoms with Crippen molar-refractivity contribution in [2.75, 3.05) is 26.4 Å². The van der Waals surface area contributed by atoms with Crippen LogP contribution >= 0.6 is 0 Å². The third-order valence-electron chi connectivity index (χ3n) is 2.79.